The number of rotatable bonds is 7. The third-order valence-corrected chi connectivity index (χ3v) is 5.16. The first-order chi connectivity index (χ1) is 13.0. The van der Waals surface area contributed by atoms with E-state index in [-0.39, 0.29) is 4.90 Å². The van der Waals surface area contributed by atoms with E-state index in [4.69, 9.17) is 14.2 Å². The van der Waals surface area contributed by atoms with Crippen LogP contribution in [0.5, 0.6) is 23.0 Å². The van der Waals surface area contributed by atoms with Gasteiger partial charge in [0.25, 0.3) is 10.0 Å². The average molecular weight is 385 g/mol. The van der Waals surface area contributed by atoms with Crippen molar-refractivity contribution in [3.05, 3.63) is 72.8 Å². The van der Waals surface area contributed by atoms with Gasteiger partial charge in [-0.2, -0.15) is 0 Å². The summed E-state index contributed by atoms with van der Waals surface area (Å²) in [5.74, 6) is 2.07. The molecule has 3 rings (SSSR count). The first-order valence-corrected chi connectivity index (χ1v) is 9.58. The van der Waals surface area contributed by atoms with Crippen LogP contribution < -0.4 is 18.9 Å². The number of anilines is 1. The van der Waals surface area contributed by atoms with Crippen LogP contribution in [0.25, 0.3) is 0 Å². The lowest BCUT2D eigenvalue weighted by Gasteiger charge is -2.13. The van der Waals surface area contributed by atoms with Crippen molar-refractivity contribution in [3.63, 3.8) is 0 Å². The van der Waals surface area contributed by atoms with Gasteiger partial charge in [0.2, 0.25) is 0 Å². The van der Waals surface area contributed by atoms with Crippen LogP contribution in [0, 0.1) is 0 Å². The van der Waals surface area contributed by atoms with Crippen molar-refractivity contribution in [1.29, 1.82) is 0 Å². The first-order valence-electron chi connectivity index (χ1n) is 8.10. The van der Waals surface area contributed by atoms with E-state index in [1.165, 1.54) is 19.2 Å². The predicted octanol–water partition coefficient (Wildman–Crippen LogP) is 4.30. The average Bonchev–Trinajstić information content (AvgIpc) is 2.69. The fraction of sp³-hybridized carbons (Fsp3) is 0.100. The van der Waals surface area contributed by atoms with Gasteiger partial charge < -0.3 is 14.2 Å². The Labute approximate surface area is 158 Å². The van der Waals surface area contributed by atoms with E-state index in [0.29, 0.717) is 28.7 Å². The molecule has 140 valence electrons. The molecule has 0 unspecified atom stereocenters. The van der Waals surface area contributed by atoms with E-state index >= 15 is 0 Å². The number of hydrogen-bond donors (Lipinski definition) is 1. The summed E-state index contributed by atoms with van der Waals surface area (Å²) in [6.45, 7) is 0. The summed E-state index contributed by atoms with van der Waals surface area (Å²) < 4.78 is 43.9. The molecule has 0 aromatic heterocycles. The van der Waals surface area contributed by atoms with Crippen LogP contribution in [0.3, 0.4) is 0 Å². The zero-order valence-corrected chi connectivity index (χ0v) is 15.7. The number of para-hydroxylation sites is 4. The summed E-state index contributed by atoms with van der Waals surface area (Å²) >= 11 is 0. The molecule has 0 spiro atoms. The van der Waals surface area contributed by atoms with Crippen molar-refractivity contribution >= 4 is 15.7 Å². The molecule has 0 bridgehead atoms. The SMILES string of the molecule is COc1ccccc1NS(=O)(=O)c1ccc(Oc2ccccc2OC)cc1. The highest BCUT2D eigenvalue weighted by atomic mass is 32.2. The first kappa shape index (κ1) is 18.6. The van der Waals surface area contributed by atoms with Crippen LogP contribution in [0.2, 0.25) is 0 Å². The Kier molecular flexibility index (Phi) is 5.52. The molecule has 0 fully saturated rings. The Morgan fingerprint density at radius 3 is 1.89 bits per heavy atom. The molecular formula is C20H19NO5S. The van der Waals surface area contributed by atoms with Crippen molar-refractivity contribution in [2.75, 3.05) is 18.9 Å². The fourth-order valence-corrected chi connectivity index (χ4v) is 3.52. The minimum atomic E-state index is -3.76. The van der Waals surface area contributed by atoms with Gasteiger partial charge in [0, 0.05) is 0 Å². The van der Waals surface area contributed by atoms with Crippen molar-refractivity contribution in [3.8, 4) is 23.0 Å². The number of benzene rings is 3. The van der Waals surface area contributed by atoms with Crippen LogP contribution in [-0.2, 0) is 10.0 Å². The second-order valence-electron chi connectivity index (χ2n) is 5.53. The molecule has 0 atom stereocenters. The van der Waals surface area contributed by atoms with Gasteiger partial charge in [-0.05, 0) is 48.5 Å². The maximum atomic E-state index is 12.6. The zero-order valence-electron chi connectivity index (χ0n) is 14.9. The van der Waals surface area contributed by atoms with Crippen LogP contribution in [0.1, 0.15) is 0 Å². The summed E-state index contributed by atoms with van der Waals surface area (Å²) in [4.78, 5) is 0.112. The van der Waals surface area contributed by atoms with E-state index in [0.717, 1.165) is 0 Å². The molecule has 0 saturated carbocycles. The molecule has 0 aliphatic rings. The summed E-state index contributed by atoms with van der Waals surface area (Å²) in [5, 5.41) is 0. The number of hydrogen-bond acceptors (Lipinski definition) is 5. The summed E-state index contributed by atoms with van der Waals surface area (Å²) in [6.07, 6.45) is 0. The fourth-order valence-electron chi connectivity index (χ4n) is 2.45. The van der Waals surface area contributed by atoms with Crippen LogP contribution >= 0.6 is 0 Å². The van der Waals surface area contributed by atoms with Crippen LogP contribution in [0.4, 0.5) is 5.69 Å². The van der Waals surface area contributed by atoms with Crippen LogP contribution in [0.15, 0.2) is 77.7 Å². The number of methoxy groups -OCH3 is 2. The quantitative estimate of drug-likeness (QED) is 0.656. The van der Waals surface area contributed by atoms with E-state index in [1.807, 2.05) is 12.1 Å². The largest absolute Gasteiger partial charge is 0.495 e. The molecule has 3 aromatic carbocycles. The Balaban J connectivity index is 1.80. The standard InChI is InChI=1S/C20H19NO5S/c1-24-18-8-4-3-7-17(18)21-27(22,23)16-13-11-15(12-14-16)26-20-10-6-5-9-19(20)25-2/h3-14,21H,1-2H3. The summed E-state index contributed by atoms with van der Waals surface area (Å²) in [5.41, 5.74) is 0.370. The van der Waals surface area contributed by atoms with Gasteiger partial charge in [-0.15, -0.1) is 0 Å². The molecule has 3 aromatic rings. The van der Waals surface area contributed by atoms with Crippen molar-refractivity contribution in [2.24, 2.45) is 0 Å². The molecule has 0 aliphatic heterocycles. The van der Waals surface area contributed by atoms with Crippen molar-refractivity contribution in [1.82, 2.24) is 0 Å². The van der Waals surface area contributed by atoms with Gasteiger partial charge in [-0.3, -0.25) is 4.72 Å². The lowest BCUT2D eigenvalue weighted by atomic mass is 10.3. The molecule has 7 heteroatoms. The van der Waals surface area contributed by atoms with Gasteiger partial charge in [0.1, 0.15) is 11.5 Å². The Morgan fingerprint density at radius 1 is 0.704 bits per heavy atom. The number of sulfonamides is 1. The maximum Gasteiger partial charge on any atom is 0.262 e. The molecule has 0 amide bonds. The minimum absolute atomic E-state index is 0.112. The monoisotopic (exact) mass is 385 g/mol. The third-order valence-electron chi connectivity index (χ3n) is 3.78. The normalized spacial score (nSPS) is 10.9. The number of nitrogens with one attached hydrogen (secondary N) is 1. The van der Waals surface area contributed by atoms with Crippen molar-refractivity contribution < 1.29 is 22.6 Å². The second-order valence-corrected chi connectivity index (χ2v) is 7.21. The van der Waals surface area contributed by atoms with Gasteiger partial charge in [-0.1, -0.05) is 24.3 Å². The Bertz CT molecular complexity index is 1020. The Hall–Kier alpha value is -3.19. The number of ether oxygens (including phenoxy) is 3. The highest BCUT2D eigenvalue weighted by Gasteiger charge is 2.16. The topological polar surface area (TPSA) is 73.9 Å². The molecule has 0 saturated heterocycles. The molecule has 1 N–H and O–H groups in total. The summed E-state index contributed by atoms with van der Waals surface area (Å²) in [6, 6.07) is 20.1. The van der Waals surface area contributed by atoms with Crippen LogP contribution in [-0.4, -0.2) is 22.6 Å². The zero-order chi connectivity index (χ0) is 19.3. The molecule has 0 aliphatic carbocycles. The van der Waals surface area contributed by atoms with E-state index in [9.17, 15) is 8.42 Å². The van der Waals surface area contributed by atoms with E-state index < -0.39 is 10.0 Å². The highest BCUT2D eigenvalue weighted by molar-refractivity contribution is 7.92. The predicted molar refractivity (Wildman–Crippen MR) is 103 cm³/mol. The van der Waals surface area contributed by atoms with Gasteiger partial charge >= 0.3 is 0 Å². The van der Waals surface area contributed by atoms with Gasteiger partial charge in [0.05, 0.1) is 24.8 Å². The molecule has 0 radical (unpaired) electrons. The smallest absolute Gasteiger partial charge is 0.262 e. The molecule has 0 heterocycles. The van der Waals surface area contributed by atoms with E-state index in [1.54, 1.807) is 55.6 Å². The molecular weight excluding hydrogens is 366 g/mol. The molecule has 27 heavy (non-hydrogen) atoms. The second kappa shape index (κ2) is 8.01. The van der Waals surface area contributed by atoms with Gasteiger partial charge in [-0.25, -0.2) is 8.42 Å². The maximum absolute atomic E-state index is 12.6. The Morgan fingerprint density at radius 2 is 1.26 bits per heavy atom. The highest BCUT2D eigenvalue weighted by Crippen LogP contribution is 2.32. The van der Waals surface area contributed by atoms with E-state index in [2.05, 4.69) is 4.72 Å². The minimum Gasteiger partial charge on any atom is -0.495 e. The third kappa shape index (κ3) is 4.32. The lowest BCUT2D eigenvalue weighted by Crippen LogP contribution is -2.13. The summed E-state index contributed by atoms with van der Waals surface area (Å²) in [7, 11) is -0.718. The lowest BCUT2D eigenvalue weighted by molar-refractivity contribution is 0.379. The van der Waals surface area contributed by atoms with Gasteiger partial charge in [0.15, 0.2) is 11.5 Å². The molecule has 6 nitrogen and oxygen atoms in total. The van der Waals surface area contributed by atoms with Crippen molar-refractivity contribution in [2.45, 2.75) is 4.90 Å².